The fourth-order valence-corrected chi connectivity index (χ4v) is 11.5. The molecule has 32 heavy (non-hydrogen) atoms. The van der Waals surface area contributed by atoms with Crippen molar-refractivity contribution in [2.75, 3.05) is 0 Å². The predicted octanol–water partition coefficient (Wildman–Crippen LogP) is 7.28. The van der Waals surface area contributed by atoms with Crippen LogP contribution >= 0.6 is 0 Å². The van der Waals surface area contributed by atoms with E-state index in [0.717, 1.165) is 31.1 Å². The zero-order valence-electron chi connectivity index (χ0n) is 22.3. The summed E-state index contributed by atoms with van der Waals surface area (Å²) in [6.45, 7) is 19.7. The summed E-state index contributed by atoms with van der Waals surface area (Å²) in [6.07, 6.45) is 10.2. The number of hydrogen-bond acceptors (Lipinski definition) is 2. The number of carbonyl (C=O) groups is 1. The normalized spacial score (nSPS) is 59.4. The molecule has 5 aliphatic carbocycles. The van der Waals surface area contributed by atoms with Crippen LogP contribution in [0.2, 0.25) is 0 Å². The molecule has 5 saturated carbocycles. The van der Waals surface area contributed by atoms with Gasteiger partial charge in [0.25, 0.3) is 0 Å². The van der Waals surface area contributed by atoms with E-state index in [0.29, 0.717) is 29.5 Å². The molecule has 182 valence electrons. The quantitative estimate of drug-likeness (QED) is 0.428. The van der Waals surface area contributed by atoms with Gasteiger partial charge in [0.1, 0.15) is 5.78 Å². The summed E-state index contributed by atoms with van der Waals surface area (Å²) < 4.78 is 0. The van der Waals surface area contributed by atoms with Crippen molar-refractivity contribution < 1.29 is 9.90 Å². The molecule has 1 N–H and O–H groups in total. The average Bonchev–Trinajstić information content (AvgIpc) is 2.70. The lowest BCUT2D eigenvalue weighted by Gasteiger charge is -2.74. The van der Waals surface area contributed by atoms with E-state index in [2.05, 4.69) is 55.4 Å². The van der Waals surface area contributed by atoms with Crippen LogP contribution in [0.15, 0.2) is 0 Å². The van der Waals surface area contributed by atoms with E-state index < -0.39 is 0 Å². The summed E-state index contributed by atoms with van der Waals surface area (Å²) in [4.78, 5) is 12.9. The van der Waals surface area contributed by atoms with Crippen LogP contribution < -0.4 is 0 Å². The summed E-state index contributed by atoms with van der Waals surface area (Å²) in [7, 11) is 0. The lowest BCUT2D eigenvalue weighted by atomic mass is 9.31. The Morgan fingerprint density at radius 1 is 0.781 bits per heavy atom. The molecule has 11 atom stereocenters. The van der Waals surface area contributed by atoms with Crippen LogP contribution in [-0.4, -0.2) is 17.0 Å². The van der Waals surface area contributed by atoms with Crippen LogP contribution in [0.1, 0.15) is 113 Å². The zero-order valence-corrected chi connectivity index (χ0v) is 22.3. The maximum atomic E-state index is 12.9. The Morgan fingerprint density at radius 3 is 2.16 bits per heavy atom. The van der Waals surface area contributed by atoms with Gasteiger partial charge in [-0.15, -0.1) is 0 Å². The minimum atomic E-state index is -0.177. The van der Waals surface area contributed by atoms with Crippen LogP contribution in [0.3, 0.4) is 0 Å². The molecule has 0 spiro atoms. The van der Waals surface area contributed by atoms with Gasteiger partial charge in [0.05, 0.1) is 6.10 Å². The Hall–Kier alpha value is -0.370. The molecule has 0 aromatic heterocycles. The molecule has 0 amide bonds. The van der Waals surface area contributed by atoms with E-state index in [-0.39, 0.29) is 33.2 Å². The summed E-state index contributed by atoms with van der Waals surface area (Å²) in [5, 5.41) is 11.7. The van der Waals surface area contributed by atoms with Crippen LogP contribution in [0.25, 0.3) is 0 Å². The molecule has 5 fully saturated rings. The molecule has 0 radical (unpaired) electrons. The molecule has 5 rings (SSSR count). The maximum absolute atomic E-state index is 12.9. The van der Waals surface area contributed by atoms with Crippen molar-refractivity contribution in [3.63, 3.8) is 0 Å². The first kappa shape index (κ1) is 23.4. The van der Waals surface area contributed by atoms with Gasteiger partial charge in [-0.2, -0.15) is 0 Å². The zero-order chi connectivity index (χ0) is 23.5. The molecule has 0 heterocycles. The SMILES string of the molecule is CC1CCC2(C)C(O)CC3(C)C(CCC4C5(C)CCC(=O)C(C)(C)C5CCC43C)C2C1C. The summed E-state index contributed by atoms with van der Waals surface area (Å²) in [6, 6.07) is 0. The number of aliphatic hydroxyl groups is 1. The molecule has 0 bridgehead atoms. The van der Waals surface area contributed by atoms with Crippen LogP contribution in [0, 0.1) is 62.6 Å². The van der Waals surface area contributed by atoms with E-state index in [1.165, 1.54) is 38.5 Å². The van der Waals surface area contributed by atoms with Crippen LogP contribution in [0.5, 0.6) is 0 Å². The van der Waals surface area contributed by atoms with Crippen molar-refractivity contribution in [3.8, 4) is 0 Å². The van der Waals surface area contributed by atoms with Gasteiger partial charge in [-0.05, 0) is 109 Å². The van der Waals surface area contributed by atoms with Crippen molar-refractivity contribution in [2.24, 2.45) is 62.6 Å². The lowest BCUT2D eigenvalue weighted by molar-refractivity contribution is -0.267. The molecule has 11 unspecified atom stereocenters. The van der Waals surface area contributed by atoms with E-state index in [4.69, 9.17) is 0 Å². The number of carbonyl (C=O) groups excluding carboxylic acids is 1. The molecule has 2 nitrogen and oxygen atoms in total. The predicted molar refractivity (Wildman–Crippen MR) is 131 cm³/mol. The molecule has 0 aromatic rings. The minimum absolute atomic E-state index is 0.0969. The van der Waals surface area contributed by atoms with E-state index in [1.54, 1.807) is 0 Å². The van der Waals surface area contributed by atoms with Gasteiger partial charge in [-0.25, -0.2) is 0 Å². The fourth-order valence-electron chi connectivity index (χ4n) is 11.5. The molecular weight excluding hydrogens is 392 g/mol. The largest absolute Gasteiger partial charge is 0.393 e. The standard InChI is InChI=1S/C30H50O2/c1-18-11-14-28(6)24(32)17-30(8)20(25(28)19(18)2)9-10-22-27(5)15-13-23(31)26(3,4)21(27)12-16-29(22,30)7/h18-22,24-25,32H,9-17H2,1-8H3. The van der Waals surface area contributed by atoms with Crippen LogP contribution in [-0.2, 0) is 4.79 Å². The third-order valence-electron chi connectivity index (χ3n) is 13.9. The Balaban J connectivity index is 1.57. The lowest BCUT2D eigenvalue weighted by Crippen LogP contribution is -2.69. The van der Waals surface area contributed by atoms with Gasteiger partial charge < -0.3 is 5.11 Å². The number of aliphatic hydroxyl groups excluding tert-OH is 1. The number of hydrogen-bond donors (Lipinski definition) is 1. The van der Waals surface area contributed by atoms with Crippen LogP contribution in [0.4, 0.5) is 0 Å². The molecule has 5 aliphatic rings. The molecule has 0 aliphatic heterocycles. The molecule has 2 heteroatoms. The first-order valence-corrected chi connectivity index (χ1v) is 13.9. The summed E-state index contributed by atoms with van der Waals surface area (Å²) in [5.74, 6) is 4.54. The second-order valence-electron chi connectivity index (χ2n) is 14.9. The third kappa shape index (κ3) is 2.60. The number of ketones is 1. The molecular formula is C30H50O2. The van der Waals surface area contributed by atoms with Gasteiger partial charge in [0.15, 0.2) is 0 Å². The second kappa shape index (κ2) is 6.86. The number of rotatable bonds is 0. The molecule has 0 aromatic carbocycles. The van der Waals surface area contributed by atoms with Crippen molar-refractivity contribution >= 4 is 5.78 Å². The van der Waals surface area contributed by atoms with E-state index >= 15 is 0 Å². The number of fused-ring (bicyclic) bond motifs is 7. The Bertz CT molecular complexity index is 801. The highest BCUT2D eigenvalue weighted by atomic mass is 16.3. The van der Waals surface area contributed by atoms with Gasteiger partial charge >= 0.3 is 0 Å². The third-order valence-corrected chi connectivity index (χ3v) is 13.9. The average molecular weight is 443 g/mol. The van der Waals surface area contributed by atoms with Crippen molar-refractivity contribution in [3.05, 3.63) is 0 Å². The first-order chi connectivity index (χ1) is 14.7. The fraction of sp³-hybridized carbons (Fsp3) is 0.967. The molecule has 0 saturated heterocycles. The minimum Gasteiger partial charge on any atom is -0.393 e. The van der Waals surface area contributed by atoms with Crippen molar-refractivity contribution in [2.45, 2.75) is 119 Å². The summed E-state index contributed by atoms with van der Waals surface area (Å²) in [5.41, 5.74) is 0.643. The topological polar surface area (TPSA) is 37.3 Å². The van der Waals surface area contributed by atoms with Gasteiger partial charge in [0.2, 0.25) is 0 Å². The maximum Gasteiger partial charge on any atom is 0.138 e. The Labute approximate surface area is 197 Å². The van der Waals surface area contributed by atoms with E-state index in [1.807, 2.05) is 0 Å². The second-order valence-corrected chi connectivity index (χ2v) is 14.9. The van der Waals surface area contributed by atoms with Gasteiger partial charge in [-0.3, -0.25) is 4.79 Å². The smallest absolute Gasteiger partial charge is 0.138 e. The van der Waals surface area contributed by atoms with E-state index in [9.17, 15) is 9.90 Å². The van der Waals surface area contributed by atoms with Gasteiger partial charge in [-0.1, -0.05) is 55.4 Å². The highest BCUT2D eigenvalue weighted by Gasteiger charge is 2.71. The number of Topliss-reactive ketones (excluding diaryl/α,β-unsaturated/α-hetero) is 1. The van der Waals surface area contributed by atoms with Crippen molar-refractivity contribution in [1.29, 1.82) is 0 Å². The Morgan fingerprint density at radius 2 is 1.47 bits per heavy atom. The Kier molecular flexibility index (Phi) is 5.01. The summed E-state index contributed by atoms with van der Waals surface area (Å²) >= 11 is 0. The first-order valence-electron chi connectivity index (χ1n) is 13.9. The highest BCUT2D eigenvalue weighted by molar-refractivity contribution is 5.85. The highest BCUT2D eigenvalue weighted by Crippen LogP contribution is 2.76. The van der Waals surface area contributed by atoms with Gasteiger partial charge in [0, 0.05) is 11.8 Å². The van der Waals surface area contributed by atoms with Crippen molar-refractivity contribution in [1.82, 2.24) is 0 Å². The monoisotopic (exact) mass is 442 g/mol.